The molecule has 0 aliphatic carbocycles. The highest BCUT2D eigenvalue weighted by Gasteiger charge is 2.23. The maximum atomic E-state index is 13.4. The van der Waals surface area contributed by atoms with Crippen molar-refractivity contribution >= 4 is 5.65 Å². The van der Waals surface area contributed by atoms with Gasteiger partial charge in [-0.15, -0.1) is 0 Å². The van der Waals surface area contributed by atoms with E-state index in [9.17, 15) is 4.39 Å². The maximum absolute atomic E-state index is 13.4. The summed E-state index contributed by atoms with van der Waals surface area (Å²) in [4.78, 5) is 11.7. The van der Waals surface area contributed by atoms with E-state index in [0.29, 0.717) is 5.92 Å². The second kappa shape index (κ2) is 8.03. The fourth-order valence-corrected chi connectivity index (χ4v) is 4.45. The van der Waals surface area contributed by atoms with E-state index in [1.54, 1.807) is 0 Å². The van der Waals surface area contributed by atoms with Crippen molar-refractivity contribution in [3.63, 3.8) is 0 Å². The third-order valence-corrected chi connectivity index (χ3v) is 6.21. The first-order valence-corrected chi connectivity index (χ1v) is 10.6. The first kappa shape index (κ1) is 19.0. The van der Waals surface area contributed by atoms with Crippen LogP contribution in [-0.2, 0) is 13.1 Å². The molecular weight excluding hydrogens is 377 g/mol. The number of aryl methyl sites for hydroxylation is 1. The molecule has 1 saturated heterocycles. The normalized spacial score (nSPS) is 15.8. The van der Waals surface area contributed by atoms with Crippen LogP contribution < -0.4 is 0 Å². The van der Waals surface area contributed by atoms with E-state index in [0.717, 1.165) is 48.9 Å². The minimum Gasteiger partial charge on any atom is -0.335 e. The molecule has 0 atom stereocenters. The number of likely N-dealkylation sites (tertiary alicyclic amines) is 1. The van der Waals surface area contributed by atoms with E-state index in [2.05, 4.69) is 38.2 Å². The highest BCUT2D eigenvalue weighted by Crippen LogP contribution is 2.28. The highest BCUT2D eigenvalue weighted by atomic mass is 19.1. The predicted octanol–water partition coefficient (Wildman–Crippen LogP) is 4.56. The van der Waals surface area contributed by atoms with Crippen LogP contribution >= 0.6 is 0 Å². The van der Waals surface area contributed by atoms with Gasteiger partial charge in [0.1, 0.15) is 17.3 Å². The molecule has 1 fully saturated rings. The number of benzene rings is 1. The molecule has 0 N–H and O–H groups in total. The van der Waals surface area contributed by atoms with Gasteiger partial charge in [0.2, 0.25) is 0 Å². The van der Waals surface area contributed by atoms with Crippen LogP contribution in [0, 0.1) is 18.7 Å². The van der Waals surface area contributed by atoms with E-state index < -0.39 is 0 Å². The molecule has 1 aliphatic rings. The molecule has 3 aromatic heterocycles. The van der Waals surface area contributed by atoms with Gasteiger partial charge in [0.25, 0.3) is 0 Å². The van der Waals surface area contributed by atoms with Gasteiger partial charge in [0.15, 0.2) is 0 Å². The molecule has 30 heavy (non-hydrogen) atoms. The fraction of sp³-hybridized carbons (Fsp3) is 0.333. The van der Waals surface area contributed by atoms with Crippen molar-refractivity contribution in [2.24, 2.45) is 5.92 Å². The Bertz CT molecular complexity index is 1140. The van der Waals surface area contributed by atoms with Crippen molar-refractivity contribution in [2.75, 3.05) is 13.1 Å². The Balaban J connectivity index is 1.35. The summed E-state index contributed by atoms with van der Waals surface area (Å²) in [5, 5.41) is 0. The Labute approximate surface area is 175 Å². The zero-order valence-electron chi connectivity index (χ0n) is 17.2. The summed E-state index contributed by atoms with van der Waals surface area (Å²) in [6, 6.07) is 12.7. The minimum absolute atomic E-state index is 0.223. The Morgan fingerprint density at radius 3 is 2.57 bits per heavy atom. The van der Waals surface area contributed by atoms with Crippen LogP contribution in [0.3, 0.4) is 0 Å². The SMILES string of the molecule is Cc1nccn1CC1CCN(Cc2c(-c3ccc(F)cc3)nc3ccccn23)CC1. The summed E-state index contributed by atoms with van der Waals surface area (Å²) in [6.45, 7) is 6.10. The molecule has 4 aromatic rings. The van der Waals surface area contributed by atoms with Gasteiger partial charge >= 0.3 is 0 Å². The summed E-state index contributed by atoms with van der Waals surface area (Å²) < 4.78 is 17.9. The van der Waals surface area contributed by atoms with Crippen molar-refractivity contribution in [3.8, 4) is 11.3 Å². The second-order valence-corrected chi connectivity index (χ2v) is 8.19. The highest BCUT2D eigenvalue weighted by molar-refractivity contribution is 5.66. The average molecular weight is 404 g/mol. The number of pyridine rings is 1. The number of hydrogen-bond acceptors (Lipinski definition) is 3. The third-order valence-electron chi connectivity index (χ3n) is 6.21. The van der Waals surface area contributed by atoms with Gasteiger partial charge in [0, 0.05) is 37.2 Å². The number of imidazole rings is 2. The second-order valence-electron chi connectivity index (χ2n) is 8.19. The Kier molecular flexibility index (Phi) is 5.09. The number of nitrogens with zero attached hydrogens (tertiary/aromatic N) is 5. The largest absolute Gasteiger partial charge is 0.335 e. The van der Waals surface area contributed by atoms with Crippen molar-refractivity contribution in [1.29, 1.82) is 0 Å². The predicted molar refractivity (Wildman–Crippen MR) is 116 cm³/mol. The van der Waals surface area contributed by atoms with E-state index in [1.807, 2.05) is 36.5 Å². The molecule has 1 aromatic carbocycles. The monoisotopic (exact) mass is 403 g/mol. The molecule has 0 spiro atoms. The molecule has 154 valence electrons. The van der Waals surface area contributed by atoms with Gasteiger partial charge in [0.05, 0.1) is 11.4 Å². The topological polar surface area (TPSA) is 38.4 Å². The number of hydrogen-bond donors (Lipinski definition) is 0. The van der Waals surface area contributed by atoms with Gasteiger partial charge in [-0.2, -0.15) is 0 Å². The number of halogens is 1. The summed E-state index contributed by atoms with van der Waals surface area (Å²) >= 11 is 0. The van der Waals surface area contributed by atoms with Crippen LogP contribution in [0.25, 0.3) is 16.9 Å². The Morgan fingerprint density at radius 1 is 1.03 bits per heavy atom. The van der Waals surface area contributed by atoms with E-state index >= 15 is 0 Å². The molecule has 0 amide bonds. The van der Waals surface area contributed by atoms with Crippen LogP contribution in [0.1, 0.15) is 24.4 Å². The molecule has 1 aliphatic heterocycles. The molecule has 0 saturated carbocycles. The van der Waals surface area contributed by atoms with Crippen molar-refractivity contribution in [2.45, 2.75) is 32.9 Å². The van der Waals surface area contributed by atoms with Gasteiger partial charge in [-0.25, -0.2) is 14.4 Å². The zero-order valence-corrected chi connectivity index (χ0v) is 17.2. The van der Waals surface area contributed by atoms with E-state index in [1.165, 1.54) is 30.7 Å². The first-order chi connectivity index (χ1) is 14.7. The smallest absolute Gasteiger partial charge is 0.137 e. The zero-order chi connectivity index (χ0) is 20.5. The van der Waals surface area contributed by atoms with Gasteiger partial charge in [-0.1, -0.05) is 6.07 Å². The quantitative estimate of drug-likeness (QED) is 0.490. The molecular formula is C24H26FN5. The lowest BCUT2D eigenvalue weighted by molar-refractivity contribution is 0.165. The van der Waals surface area contributed by atoms with Gasteiger partial charge in [-0.05, 0) is 75.2 Å². The van der Waals surface area contributed by atoms with Gasteiger partial charge < -0.3 is 8.97 Å². The molecule has 0 unspecified atom stereocenters. The van der Waals surface area contributed by atoms with Crippen molar-refractivity contribution in [3.05, 3.63) is 78.4 Å². The lowest BCUT2D eigenvalue weighted by Crippen LogP contribution is -2.35. The van der Waals surface area contributed by atoms with E-state index in [-0.39, 0.29) is 5.82 Å². The summed E-state index contributed by atoms with van der Waals surface area (Å²) in [5.74, 6) is 1.55. The summed E-state index contributed by atoms with van der Waals surface area (Å²) in [7, 11) is 0. The fourth-order valence-electron chi connectivity index (χ4n) is 4.45. The lowest BCUT2D eigenvalue weighted by atomic mass is 9.96. The Morgan fingerprint density at radius 2 is 1.83 bits per heavy atom. The molecule has 6 heteroatoms. The van der Waals surface area contributed by atoms with Gasteiger partial charge in [-0.3, -0.25) is 4.90 Å². The van der Waals surface area contributed by atoms with Crippen LogP contribution in [0.4, 0.5) is 4.39 Å². The minimum atomic E-state index is -0.223. The lowest BCUT2D eigenvalue weighted by Gasteiger charge is -2.32. The number of aromatic nitrogens is 4. The maximum Gasteiger partial charge on any atom is 0.137 e. The third kappa shape index (κ3) is 3.75. The first-order valence-electron chi connectivity index (χ1n) is 10.6. The standard InChI is InChI=1S/C24H26FN5/c1-18-26-11-15-29(18)16-19-9-13-28(14-10-19)17-22-24(20-5-7-21(25)8-6-20)27-23-4-2-3-12-30(22)23/h2-8,11-12,15,19H,9-10,13-14,16-17H2,1H3. The molecule has 4 heterocycles. The van der Waals surface area contributed by atoms with Crippen LogP contribution in [0.5, 0.6) is 0 Å². The number of piperidine rings is 1. The van der Waals surface area contributed by atoms with Crippen LogP contribution in [0.15, 0.2) is 61.1 Å². The molecule has 5 rings (SSSR count). The molecule has 0 bridgehead atoms. The van der Waals surface area contributed by atoms with Crippen molar-refractivity contribution in [1.82, 2.24) is 23.8 Å². The molecule has 0 radical (unpaired) electrons. The van der Waals surface area contributed by atoms with Crippen LogP contribution in [-0.4, -0.2) is 36.9 Å². The van der Waals surface area contributed by atoms with Crippen molar-refractivity contribution < 1.29 is 4.39 Å². The summed E-state index contributed by atoms with van der Waals surface area (Å²) in [5.41, 5.74) is 4.00. The number of rotatable bonds is 5. The Hall–Kier alpha value is -2.99. The number of fused-ring (bicyclic) bond motifs is 1. The van der Waals surface area contributed by atoms with Crippen LogP contribution in [0.2, 0.25) is 0 Å². The average Bonchev–Trinajstić information content (AvgIpc) is 3.34. The van der Waals surface area contributed by atoms with E-state index in [4.69, 9.17) is 4.98 Å². The molecule has 5 nitrogen and oxygen atoms in total. The summed E-state index contributed by atoms with van der Waals surface area (Å²) in [6.07, 6.45) is 8.39.